The number of amides is 3. The van der Waals surface area contributed by atoms with Gasteiger partial charge in [-0.1, -0.05) is 60.7 Å². The molecule has 2 N–H and O–H groups in total. The van der Waals surface area contributed by atoms with Crippen LogP contribution in [0.25, 0.3) is 0 Å². The van der Waals surface area contributed by atoms with E-state index in [2.05, 4.69) is 10.6 Å². The van der Waals surface area contributed by atoms with Gasteiger partial charge in [-0.05, 0) is 36.2 Å². The summed E-state index contributed by atoms with van der Waals surface area (Å²) in [6.45, 7) is 4.88. The molecule has 8 nitrogen and oxygen atoms in total. The number of benzene rings is 3. The van der Waals surface area contributed by atoms with E-state index in [-0.39, 0.29) is 23.3 Å². The number of anilines is 2. The number of nitrogens with one attached hydrogen (secondary N) is 2. The first-order chi connectivity index (χ1) is 17.2. The number of hydrogen-bond acceptors (Lipinski definition) is 5. The van der Waals surface area contributed by atoms with Crippen LogP contribution in [0.2, 0.25) is 0 Å². The van der Waals surface area contributed by atoms with E-state index in [1.165, 1.54) is 39.0 Å². The highest BCUT2D eigenvalue weighted by Crippen LogP contribution is 2.21. The normalized spacial score (nSPS) is 11.2. The first kappa shape index (κ1) is 26.2. The largest absolute Gasteiger partial charge is 0.449 e. The van der Waals surface area contributed by atoms with Crippen molar-refractivity contribution in [3.05, 3.63) is 95.6 Å². The summed E-state index contributed by atoms with van der Waals surface area (Å²) in [5.41, 5.74) is 2.61. The predicted octanol–water partition coefficient (Wildman–Crippen LogP) is 4.38. The van der Waals surface area contributed by atoms with Crippen LogP contribution in [0, 0.1) is 0 Å². The van der Waals surface area contributed by atoms with Crippen molar-refractivity contribution < 1.29 is 23.9 Å². The zero-order valence-electron chi connectivity index (χ0n) is 20.5. The van der Waals surface area contributed by atoms with E-state index in [0.717, 1.165) is 11.1 Å². The molecule has 0 aliphatic heterocycles. The number of carbonyl (C=O) groups excluding carboxylic acids is 4. The molecule has 0 bridgehead atoms. The SMILES string of the molecule is CC(=O)Nc1cc(NC(C)=O)cc(C(=O)OC(C)C(=O)N(Cc2ccccc2)Cc2ccccc2)c1. The van der Waals surface area contributed by atoms with Crippen molar-refractivity contribution in [2.24, 2.45) is 0 Å². The molecule has 0 saturated carbocycles. The van der Waals surface area contributed by atoms with Crippen molar-refractivity contribution in [1.82, 2.24) is 4.90 Å². The lowest BCUT2D eigenvalue weighted by molar-refractivity contribution is -0.141. The zero-order chi connectivity index (χ0) is 26.1. The highest BCUT2D eigenvalue weighted by atomic mass is 16.5. The zero-order valence-corrected chi connectivity index (χ0v) is 20.5. The summed E-state index contributed by atoms with van der Waals surface area (Å²) >= 11 is 0. The number of hydrogen-bond donors (Lipinski definition) is 2. The van der Waals surface area contributed by atoms with Gasteiger partial charge >= 0.3 is 5.97 Å². The third-order valence-corrected chi connectivity index (χ3v) is 5.19. The minimum absolute atomic E-state index is 0.0855. The summed E-state index contributed by atoms with van der Waals surface area (Å²) in [5.74, 6) is -1.78. The minimum atomic E-state index is -1.07. The Hall–Kier alpha value is -4.46. The molecule has 0 aliphatic carbocycles. The first-order valence-electron chi connectivity index (χ1n) is 11.5. The van der Waals surface area contributed by atoms with Gasteiger partial charge in [0.15, 0.2) is 6.10 Å². The number of nitrogens with zero attached hydrogens (tertiary/aromatic N) is 1. The standard InChI is InChI=1S/C28H29N3O5/c1-19(36-28(35)24-14-25(29-20(2)32)16-26(15-24)30-21(3)33)27(34)31(17-22-10-6-4-7-11-22)18-23-12-8-5-9-13-23/h4-16,19H,17-18H2,1-3H3,(H,29,32)(H,30,33). The molecule has 0 aromatic heterocycles. The third kappa shape index (κ3) is 7.80. The summed E-state index contributed by atoms with van der Waals surface area (Å²) < 4.78 is 5.52. The Labute approximate surface area is 210 Å². The van der Waals surface area contributed by atoms with Crippen molar-refractivity contribution in [2.75, 3.05) is 10.6 Å². The van der Waals surface area contributed by atoms with E-state index in [0.29, 0.717) is 24.5 Å². The molecule has 186 valence electrons. The van der Waals surface area contributed by atoms with Crippen molar-refractivity contribution in [2.45, 2.75) is 40.0 Å². The Balaban J connectivity index is 1.80. The minimum Gasteiger partial charge on any atom is -0.449 e. The molecule has 3 amide bonds. The molecule has 3 rings (SSSR count). The van der Waals surface area contributed by atoms with Gasteiger partial charge in [-0.2, -0.15) is 0 Å². The van der Waals surface area contributed by atoms with Gasteiger partial charge in [0.25, 0.3) is 5.91 Å². The molecular weight excluding hydrogens is 458 g/mol. The van der Waals surface area contributed by atoms with E-state index in [1.807, 2.05) is 60.7 Å². The molecule has 0 fully saturated rings. The first-order valence-corrected chi connectivity index (χ1v) is 11.5. The summed E-state index contributed by atoms with van der Waals surface area (Å²) in [6, 6.07) is 23.5. The fourth-order valence-corrected chi connectivity index (χ4v) is 3.65. The summed E-state index contributed by atoms with van der Waals surface area (Å²) in [7, 11) is 0. The molecule has 8 heteroatoms. The van der Waals surface area contributed by atoms with E-state index >= 15 is 0 Å². The highest BCUT2D eigenvalue weighted by Gasteiger charge is 2.25. The fourth-order valence-electron chi connectivity index (χ4n) is 3.65. The monoisotopic (exact) mass is 487 g/mol. The van der Waals surface area contributed by atoms with Crippen molar-refractivity contribution in [1.29, 1.82) is 0 Å². The maximum absolute atomic E-state index is 13.4. The molecule has 0 saturated heterocycles. The van der Waals surface area contributed by atoms with Gasteiger partial charge in [-0.3, -0.25) is 14.4 Å². The van der Waals surface area contributed by atoms with E-state index < -0.39 is 12.1 Å². The summed E-state index contributed by atoms with van der Waals surface area (Å²) in [6.07, 6.45) is -1.07. The average molecular weight is 488 g/mol. The molecule has 0 aliphatic rings. The quantitative estimate of drug-likeness (QED) is 0.436. The van der Waals surface area contributed by atoms with Gasteiger partial charge in [-0.15, -0.1) is 0 Å². The lowest BCUT2D eigenvalue weighted by atomic mass is 10.1. The number of carbonyl (C=O) groups is 4. The van der Waals surface area contributed by atoms with Gasteiger partial charge in [-0.25, -0.2) is 4.79 Å². The smallest absolute Gasteiger partial charge is 0.339 e. The van der Waals surface area contributed by atoms with Gasteiger partial charge in [0.2, 0.25) is 11.8 Å². The Bertz CT molecular complexity index is 1150. The van der Waals surface area contributed by atoms with Crippen molar-refractivity contribution >= 4 is 35.1 Å². The molecule has 1 atom stereocenters. The van der Waals surface area contributed by atoms with Crippen LogP contribution in [0.5, 0.6) is 0 Å². The maximum Gasteiger partial charge on any atom is 0.339 e. The Morgan fingerprint density at radius 1 is 0.750 bits per heavy atom. The average Bonchev–Trinajstić information content (AvgIpc) is 2.83. The van der Waals surface area contributed by atoms with Crippen LogP contribution in [0.15, 0.2) is 78.9 Å². The maximum atomic E-state index is 13.4. The van der Waals surface area contributed by atoms with Crippen molar-refractivity contribution in [3.63, 3.8) is 0 Å². The molecule has 3 aromatic rings. The van der Waals surface area contributed by atoms with Gasteiger partial charge in [0.1, 0.15) is 0 Å². The second-order valence-corrected chi connectivity index (χ2v) is 8.37. The van der Waals surface area contributed by atoms with Gasteiger partial charge < -0.3 is 20.3 Å². The molecule has 1 unspecified atom stereocenters. The summed E-state index contributed by atoms with van der Waals surface area (Å²) in [4.78, 5) is 51.0. The molecule has 0 radical (unpaired) electrons. The Morgan fingerprint density at radius 2 is 1.19 bits per heavy atom. The van der Waals surface area contributed by atoms with Gasteiger partial charge in [0.05, 0.1) is 5.56 Å². The van der Waals surface area contributed by atoms with Crippen LogP contribution in [-0.4, -0.2) is 34.7 Å². The fraction of sp³-hybridized carbons (Fsp3) is 0.214. The molecular formula is C28H29N3O5. The number of rotatable bonds is 9. The van der Waals surface area contributed by atoms with Crippen LogP contribution < -0.4 is 10.6 Å². The van der Waals surface area contributed by atoms with Crippen LogP contribution in [0.1, 0.15) is 42.3 Å². The lowest BCUT2D eigenvalue weighted by Gasteiger charge is -2.26. The van der Waals surface area contributed by atoms with Gasteiger partial charge in [0, 0.05) is 38.3 Å². The second kappa shape index (κ2) is 12.3. The topological polar surface area (TPSA) is 105 Å². The van der Waals surface area contributed by atoms with Crippen LogP contribution >= 0.6 is 0 Å². The Kier molecular flexibility index (Phi) is 8.94. The van der Waals surface area contributed by atoms with Crippen LogP contribution in [-0.2, 0) is 32.2 Å². The van der Waals surface area contributed by atoms with E-state index in [1.54, 1.807) is 4.90 Å². The van der Waals surface area contributed by atoms with E-state index in [4.69, 9.17) is 4.74 Å². The van der Waals surface area contributed by atoms with Crippen LogP contribution in [0.4, 0.5) is 11.4 Å². The third-order valence-electron chi connectivity index (χ3n) is 5.19. The molecule has 0 heterocycles. The molecule has 3 aromatic carbocycles. The molecule has 0 spiro atoms. The predicted molar refractivity (Wildman–Crippen MR) is 137 cm³/mol. The second-order valence-electron chi connectivity index (χ2n) is 8.37. The number of ether oxygens (including phenoxy) is 1. The summed E-state index contributed by atoms with van der Waals surface area (Å²) in [5, 5.41) is 5.18. The number of esters is 1. The Morgan fingerprint density at radius 3 is 1.61 bits per heavy atom. The highest BCUT2D eigenvalue weighted by molar-refractivity contribution is 5.98. The molecule has 36 heavy (non-hydrogen) atoms. The van der Waals surface area contributed by atoms with Crippen molar-refractivity contribution in [3.8, 4) is 0 Å². The van der Waals surface area contributed by atoms with Crippen LogP contribution in [0.3, 0.4) is 0 Å². The van der Waals surface area contributed by atoms with E-state index in [9.17, 15) is 19.2 Å². The lowest BCUT2D eigenvalue weighted by Crippen LogP contribution is -2.39.